The molecule has 2 aromatic carbocycles. The Morgan fingerprint density at radius 2 is 1.61 bits per heavy atom. The topological polar surface area (TPSA) is 159 Å². The third-order valence-electron chi connectivity index (χ3n) is 3.54. The zero-order chi connectivity index (χ0) is 20.9. The van der Waals surface area contributed by atoms with Gasteiger partial charge in [-0.05, 0) is 36.2 Å². The van der Waals surface area contributed by atoms with E-state index in [9.17, 15) is 26.9 Å². The van der Waals surface area contributed by atoms with Crippen molar-refractivity contribution in [3.8, 4) is 5.75 Å². The Morgan fingerprint density at radius 3 is 2.07 bits per heavy atom. The van der Waals surface area contributed by atoms with Crippen molar-refractivity contribution in [2.24, 2.45) is 5.14 Å². The number of hydroxylamine groups is 1. The lowest BCUT2D eigenvalue weighted by Gasteiger charge is -2.19. The fourth-order valence-corrected chi connectivity index (χ4v) is 4.11. The van der Waals surface area contributed by atoms with E-state index in [0.717, 1.165) is 0 Å². The third kappa shape index (κ3) is 5.71. The minimum Gasteiger partial charge on any atom is -0.497 e. The monoisotopic (exact) mass is 431 g/mol. The van der Waals surface area contributed by atoms with Crippen molar-refractivity contribution in [2.75, 3.05) is 13.7 Å². The quantitative estimate of drug-likeness (QED) is 0.454. The second kappa shape index (κ2) is 8.62. The Morgan fingerprint density at radius 1 is 1.04 bits per heavy atom. The minimum atomic E-state index is -4.62. The molecule has 0 spiro atoms. The highest BCUT2D eigenvalue weighted by Crippen LogP contribution is 2.21. The van der Waals surface area contributed by atoms with E-state index in [1.54, 1.807) is 0 Å². The average molecular weight is 431 g/mol. The number of non-ortho nitro benzene ring substituents is 1. The normalized spacial score (nSPS) is 12.1. The summed E-state index contributed by atoms with van der Waals surface area (Å²) in [5, 5.41) is 15.5. The molecule has 11 nitrogen and oxygen atoms in total. The summed E-state index contributed by atoms with van der Waals surface area (Å²) in [7, 11) is -7.57. The van der Waals surface area contributed by atoms with Crippen molar-refractivity contribution in [2.45, 2.75) is 11.3 Å². The molecule has 2 rings (SSSR count). The first kappa shape index (κ1) is 21.7. The van der Waals surface area contributed by atoms with Gasteiger partial charge in [-0.25, -0.2) is 13.6 Å². The van der Waals surface area contributed by atoms with Crippen LogP contribution >= 0.6 is 0 Å². The second-order valence-electron chi connectivity index (χ2n) is 5.45. The van der Waals surface area contributed by atoms with E-state index in [1.807, 2.05) is 0 Å². The number of hydrogen-bond donors (Lipinski definition) is 1. The van der Waals surface area contributed by atoms with Gasteiger partial charge in [-0.1, -0.05) is 16.6 Å². The van der Waals surface area contributed by atoms with E-state index < -0.39 is 31.8 Å². The van der Waals surface area contributed by atoms with Gasteiger partial charge in [0.25, 0.3) is 15.7 Å². The number of nitrogens with two attached hydrogens (primary N) is 1. The summed E-state index contributed by atoms with van der Waals surface area (Å²) in [5.74, 6) is 0.406. The molecular formula is C15H17N3O8S2. The smallest absolute Gasteiger partial charge is 0.350 e. The molecule has 28 heavy (non-hydrogen) atoms. The van der Waals surface area contributed by atoms with Crippen LogP contribution in [0, 0.1) is 10.1 Å². The number of methoxy groups -OCH3 is 1. The zero-order valence-corrected chi connectivity index (χ0v) is 16.2. The molecule has 0 aliphatic rings. The molecule has 0 unspecified atom stereocenters. The van der Waals surface area contributed by atoms with Gasteiger partial charge in [0.1, 0.15) is 5.75 Å². The van der Waals surface area contributed by atoms with Gasteiger partial charge < -0.3 is 4.74 Å². The number of sulfonamides is 1. The number of nitrogens with zero attached hydrogens (tertiary/aromatic N) is 2. The predicted molar refractivity (Wildman–Crippen MR) is 97.9 cm³/mol. The minimum absolute atomic E-state index is 0.0168. The van der Waals surface area contributed by atoms with Crippen LogP contribution in [0.15, 0.2) is 53.4 Å². The average Bonchev–Trinajstić information content (AvgIpc) is 2.64. The van der Waals surface area contributed by atoms with Crippen molar-refractivity contribution in [1.82, 2.24) is 4.47 Å². The highest BCUT2D eigenvalue weighted by molar-refractivity contribution is 7.90. The van der Waals surface area contributed by atoms with E-state index in [2.05, 4.69) is 4.28 Å². The summed E-state index contributed by atoms with van der Waals surface area (Å²) in [6, 6.07) is 10.6. The van der Waals surface area contributed by atoms with Crippen molar-refractivity contribution in [1.29, 1.82) is 0 Å². The number of benzene rings is 2. The first-order valence-electron chi connectivity index (χ1n) is 7.65. The summed E-state index contributed by atoms with van der Waals surface area (Å²) >= 11 is 0. The highest BCUT2D eigenvalue weighted by Gasteiger charge is 2.29. The van der Waals surface area contributed by atoms with E-state index in [-0.39, 0.29) is 21.5 Å². The Balaban J connectivity index is 2.26. The molecule has 2 aromatic rings. The van der Waals surface area contributed by atoms with Crippen LogP contribution < -0.4 is 9.88 Å². The van der Waals surface area contributed by atoms with Crippen molar-refractivity contribution < 1.29 is 30.8 Å². The number of hydrogen-bond acceptors (Lipinski definition) is 8. The molecule has 0 amide bonds. The molecule has 0 atom stereocenters. The van der Waals surface area contributed by atoms with Crippen molar-refractivity contribution in [3.63, 3.8) is 0 Å². The summed E-state index contributed by atoms with van der Waals surface area (Å²) < 4.78 is 57.7. The molecule has 2 N–H and O–H groups in total. The molecule has 0 saturated heterocycles. The molecule has 0 bridgehead atoms. The fraction of sp³-hybridized carbons (Fsp3) is 0.200. The Bertz CT molecular complexity index is 1040. The lowest BCUT2D eigenvalue weighted by Crippen LogP contribution is -2.37. The fourth-order valence-electron chi connectivity index (χ4n) is 2.18. The van der Waals surface area contributed by atoms with Crippen LogP contribution in [-0.2, 0) is 31.0 Å². The van der Waals surface area contributed by atoms with Gasteiger partial charge in [0.2, 0.25) is 0 Å². The molecular weight excluding hydrogens is 414 g/mol. The maximum absolute atomic E-state index is 12.7. The van der Waals surface area contributed by atoms with E-state index in [0.29, 0.717) is 11.3 Å². The summed E-state index contributed by atoms with van der Waals surface area (Å²) in [5.41, 5.74) is 0.394. The van der Waals surface area contributed by atoms with Crippen LogP contribution in [0.25, 0.3) is 0 Å². The van der Waals surface area contributed by atoms with Crippen LogP contribution in [0.3, 0.4) is 0 Å². The molecule has 152 valence electrons. The number of nitro benzene ring substituents is 1. The van der Waals surface area contributed by atoms with Crippen LogP contribution in [0.2, 0.25) is 0 Å². The van der Waals surface area contributed by atoms with Gasteiger partial charge in [0.05, 0.1) is 16.9 Å². The van der Waals surface area contributed by atoms with Gasteiger partial charge in [-0.2, -0.15) is 8.42 Å². The number of rotatable bonds is 9. The third-order valence-corrected chi connectivity index (χ3v) is 5.69. The highest BCUT2D eigenvalue weighted by atomic mass is 32.2. The first-order chi connectivity index (χ1) is 13.0. The molecule has 0 aliphatic heterocycles. The maximum Gasteiger partial charge on any atom is 0.350 e. The summed E-state index contributed by atoms with van der Waals surface area (Å²) in [6.07, 6.45) is 0.0168. The Kier molecular flexibility index (Phi) is 6.69. The van der Waals surface area contributed by atoms with Crippen LogP contribution in [0.1, 0.15) is 5.56 Å². The van der Waals surface area contributed by atoms with Gasteiger partial charge in [0.15, 0.2) is 0 Å². The summed E-state index contributed by atoms with van der Waals surface area (Å²) in [6.45, 7) is -0.400. The number of nitro groups is 1. The lowest BCUT2D eigenvalue weighted by molar-refractivity contribution is -0.384. The maximum atomic E-state index is 12.7. The first-order valence-corrected chi connectivity index (χ1v) is 10.6. The Hall–Kier alpha value is -2.58. The zero-order valence-electron chi connectivity index (χ0n) is 14.6. The molecule has 0 saturated carbocycles. The summed E-state index contributed by atoms with van der Waals surface area (Å²) in [4.78, 5) is 9.87. The van der Waals surface area contributed by atoms with Crippen molar-refractivity contribution >= 4 is 26.0 Å². The molecule has 0 heterocycles. The number of ether oxygens (including phenoxy) is 1. The van der Waals surface area contributed by atoms with Crippen LogP contribution in [0.5, 0.6) is 5.75 Å². The SMILES string of the molecule is COc1ccc(S(=O)(=O)N(CCc2ccc([N+](=O)[O-])cc2)OS(N)(=O)=O)cc1. The molecule has 13 heteroatoms. The lowest BCUT2D eigenvalue weighted by atomic mass is 10.1. The van der Waals surface area contributed by atoms with E-state index in [4.69, 9.17) is 9.88 Å². The van der Waals surface area contributed by atoms with E-state index in [1.165, 1.54) is 55.6 Å². The van der Waals surface area contributed by atoms with Crippen LogP contribution in [-0.4, -0.2) is 39.9 Å². The molecule has 0 aliphatic carbocycles. The van der Waals surface area contributed by atoms with Gasteiger partial charge in [0, 0.05) is 18.7 Å². The van der Waals surface area contributed by atoms with Gasteiger partial charge >= 0.3 is 10.3 Å². The van der Waals surface area contributed by atoms with Gasteiger partial charge in [-0.15, -0.1) is 4.28 Å². The Labute approximate surface area is 161 Å². The molecule has 0 fully saturated rings. The van der Waals surface area contributed by atoms with Crippen molar-refractivity contribution in [3.05, 3.63) is 64.2 Å². The largest absolute Gasteiger partial charge is 0.497 e. The molecule has 0 aromatic heterocycles. The standard InChI is InChI=1S/C15H17N3O8S2/c1-25-14-6-8-15(9-7-14)27(21,22)17(26-28(16,23)24)11-10-12-2-4-13(5-3-12)18(19)20/h2-9H,10-11H2,1H3,(H2,16,23,24). The predicted octanol–water partition coefficient (Wildman–Crippen LogP) is 0.972. The molecule has 0 radical (unpaired) electrons. The second-order valence-corrected chi connectivity index (χ2v) is 8.41. The van der Waals surface area contributed by atoms with Gasteiger partial charge in [-0.3, -0.25) is 10.1 Å². The van der Waals surface area contributed by atoms with E-state index >= 15 is 0 Å². The van der Waals surface area contributed by atoms with Crippen LogP contribution in [0.4, 0.5) is 5.69 Å².